The zero-order valence-corrected chi connectivity index (χ0v) is 18.7. The van der Waals surface area contributed by atoms with Gasteiger partial charge in [-0.25, -0.2) is 0 Å². The second kappa shape index (κ2) is 7.77. The maximum absolute atomic E-state index is 13.0. The van der Waals surface area contributed by atoms with Crippen LogP contribution in [0.25, 0.3) is 44.6 Å². The zero-order valence-electron chi connectivity index (χ0n) is 18.7. The van der Waals surface area contributed by atoms with Gasteiger partial charge in [0, 0.05) is 35.2 Å². The first kappa shape index (κ1) is 21.0. The summed E-state index contributed by atoms with van der Waals surface area (Å²) < 4.78 is 18.1. The van der Waals surface area contributed by atoms with E-state index in [-0.39, 0.29) is 34.8 Å². The maximum Gasteiger partial charge on any atom is 0.307 e. The SMILES string of the molecule is C[C@@H]1Cc2cc(-c3oc4cc(O)c5c(=O)cc(-c6ccccc6)oc5c4c3CC(=O)O)ccc2O1. The number of ether oxygens (including phenoxy) is 1. The standard InChI is InChI=1S/C28H20O7/c1-14-9-17-10-16(7-8-21(17)33-14)27-18(11-24(31)32)25-23(35-27)13-20(30)26-19(29)12-22(34-28(25)26)15-5-3-2-4-6-15/h2-8,10,12-14,30H,9,11H2,1H3,(H,31,32)/t14-/m1/s1. The van der Waals surface area contributed by atoms with E-state index >= 15 is 0 Å². The Labute approximate surface area is 198 Å². The fourth-order valence-corrected chi connectivity index (χ4v) is 4.80. The van der Waals surface area contributed by atoms with Crippen molar-refractivity contribution < 1.29 is 28.6 Å². The lowest BCUT2D eigenvalue weighted by atomic mass is 9.99. The molecule has 0 bridgehead atoms. The summed E-state index contributed by atoms with van der Waals surface area (Å²) in [6, 6.07) is 17.3. The van der Waals surface area contributed by atoms with E-state index in [1.54, 1.807) is 12.1 Å². The molecule has 1 aliphatic heterocycles. The van der Waals surface area contributed by atoms with Gasteiger partial charge in [0.05, 0.1) is 11.8 Å². The smallest absolute Gasteiger partial charge is 0.307 e. The number of phenols is 1. The molecule has 7 nitrogen and oxygen atoms in total. The number of fused-ring (bicyclic) bond motifs is 4. The molecule has 0 amide bonds. The van der Waals surface area contributed by atoms with E-state index < -0.39 is 11.4 Å². The van der Waals surface area contributed by atoms with Gasteiger partial charge in [0.15, 0.2) is 11.0 Å². The molecule has 0 radical (unpaired) electrons. The number of hydrogen-bond acceptors (Lipinski definition) is 6. The quantitative estimate of drug-likeness (QED) is 0.357. The third kappa shape index (κ3) is 3.44. The van der Waals surface area contributed by atoms with Crippen molar-refractivity contribution in [2.75, 3.05) is 0 Å². The predicted molar refractivity (Wildman–Crippen MR) is 130 cm³/mol. The third-order valence-corrected chi connectivity index (χ3v) is 6.28. The molecule has 174 valence electrons. The highest BCUT2D eigenvalue weighted by atomic mass is 16.5. The van der Waals surface area contributed by atoms with Crippen LogP contribution in [0.2, 0.25) is 0 Å². The highest BCUT2D eigenvalue weighted by molar-refractivity contribution is 6.10. The molecule has 2 aromatic heterocycles. The molecule has 3 aromatic carbocycles. The van der Waals surface area contributed by atoms with Gasteiger partial charge in [0.25, 0.3) is 0 Å². The van der Waals surface area contributed by atoms with Gasteiger partial charge in [-0.3, -0.25) is 9.59 Å². The Morgan fingerprint density at radius 2 is 1.80 bits per heavy atom. The van der Waals surface area contributed by atoms with Gasteiger partial charge in [-0.05, 0) is 30.7 Å². The van der Waals surface area contributed by atoms with Crippen molar-refractivity contribution in [3.05, 3.63) is 82.0 Å². The van der Waals surface area contributed by atoms with E-state index in [4.69, 9.17) is 13.6 Å². The second-order valence-corrected chi connectivity index (χ2v) is 8.75. The minimum Gasteiger partial charge on any atom is -0.507 e. The third-order valence-electron chi connectivity index (χ3n) is 6.28. The van der Waals surface area contributed by atoms with Gasteiger partial charge in [-0.15, -0.1) is 0 Å². The molecule has 3 heterocycles. The van der Waals surface area contributed by atoms with Crippen molar-refractivity contribution >= 4 is 27.9 Å². The fraction of sp³-hybridized carbons (Fsp3) is 0.143. The molecule has 1 aliphatic rings. The van der Waals surface area contributed by atoms with Crippen molar-refractivity contribution in [3.63, 3.8) is 0 Å². The molecule has 2 N–H and O–H groups in total. The lowest BCUT2D eigenvalue weighted by molar-refractivity contribution is -0.136. The molecule has 35 heavy (non-hydrogen) atoms. The average Bonchev–Trinajstić information content (AvgIpc) is 3.37. The monoisotopic (exact) mass is 468 g/mol. The number of rotatable bonds is 4. The Kier molecular flexibility index (Phi) is 4.67. The van der Waals surface area contributed by atoms with E-state index in [0.29, 0.717) is 33.6 Å². The van der Waals surface area contributed by atoms with Crippen LogP contribution in [0, 0.1) is 0 Å². The van der Waals surface area contributed by atoms with Crippen LogP contribution in [-0.4, -0.2) is 22.3 Å². The first-order chi connectivity index (χ1) is 16.9. The average molecular weight is 468 g/mol. The van der Waals surface area contributed by atoms with Crippen LogP contribution in [0.4, 0.5) is 0 Å². The maximum atomic E-state index is 13.0. The Hall–Kier alpha value is -4.52. The van der Waals surface area contributed by atoms with Crippen molar-refractivity contribution in [1.29, 1.82) is 0 Å². The summed E-state index contributed by atoms with van der Waals surface area (Å²) in [5, 5.41) is 20.7. The Balaban J connectivity index is 1.67. The summed E-state index contributed by atoms with van der Waals surface area (Å²) in [4.78, 5) is 24.9. The highest BCUT2D eigenvalue weighted by Gasteiger charge is 2.26. The number of carboxylic acids is 1. The molecule has 6 rings (SSSR count). The van der Waals surface area contributed by atoms with E-state index in [1.165, 1.54) is 12.1 Å². The number of furan rings is 1. The lowest BCUT2D eigenvalue weighted by Crippen LogP contribution is -2.05. The van der Waals surface area contributed by atoms with Gasteiger partial charge in [-0.1, -0.05) is 30.3 Å². The van der Waals surface area contributed by atoms with Gasteiger partial charge >= 0.3 is 5.97 Å². The summed E-state index contributed by atoms with van der Waals surface area (Å²) >= 11 is 0. The van der Waals surface area contributed by atoms with Crippen LogP contribution in [0.1, 0.15) is 18.1 Å². The second-order valence-electron chi connectivity index (χ2n) is 8.75. The van der Waals surface area contributed by atoms with Gasteiger partial charge < -0.3 is 23.8 Å². The normalized spacial score (nSPS) is 14.8. The molecule has 0 spiro atoms. The van der Waals surface area contributed by atoms with Crippen LogP contribution in [-0.2, 0) is 17.6 Å². The van der Waals surface area contributed by atoms with E-state index in [1.807, 2.05) is 43.3 Å². The Bertz CT molecular complexity index is 1690. The molecule has 1 atom stereocenters. The minimum atomic E-state index is -1.06. The van der Waals surface area contributed by atoms with Crippen LogP contribution >= 0.6 is 0 Å². The predicted octanol–water partition coefficient (Wildman–Crippen LogP) is 5.53. The van der Waals surface area contributed by atoms with Crippen molar-refractivity contribution in [2.24, 2.45) is 0 Å². The van der Waals surface area contributed by atoms with Crippen LogP contribution in [0.5, 0.6) is 11.5 Å². The number of hydrogen-bond donors (Lipinski definition) is 2. The summed E-state index contributed by atoms with van der Waals surface area (Å²) in [6.45, 7) is 1.98. The number of phenolic OH excluding ortho intramolecular Hbond substituents is 1. The van der Waals surface area contributed by atoms with Crippen molar-refractivity contribution in [3.8, 4) is 34.1 Å². The summed E-state index contributed by atoms with van der Waals surface area (Å²) in [5.41, 5.74) is 2.63. The van der Waals surface area contributed by atoms with E-state index in [0.717, 1.165) is 17.7 Å². The molecule has 0 unspecified atom stereocenters. The van der Waals surface area contributed by atoms with Crippen LogP contribution in [0.3, 0.4) is 0 Å². The van der Waals surface area contributed by atoms with Crippen LogP contribution in [0.15, 0.2) is 74.3 Å². The van der Waals surface area contributed by atoms with Crippen LogP contribution < -0.4 is 10.2 Å². The molecule has 0 saturated heterocycles. The topological polar surface area (TPSA) is 110 Å². The zero-order chi connectivity index (χ0) is 24.3. The largest absolute Gasteiger partial charge is 0.507 e. The van der Waals surface area contributed by atoms with Gasteiger partial charge in [0.1, 0.15) is 40.1 Å². The number of aromatic hydroxyl groups is 1. The molecule has 0 aliphatic carbocycles. The first-order valence-electron chi connectivity index (χ1n) is 11.2. The highest BCUT2D eigenvalue weighted by Crippen LogP contribution is 2.43. The molecule has 5 aromatic rings. The minimum absolute atomic E-state index is 0.0210. The number of aliphatic carboxylic acids is 1. The van der Waals surface area contributed by atoms with Crippen molar-refractivity contribution in [2.45, 2.75) is 25.9 Å². The van der Waals surface area contributed by atoms with E-state index in [9.17, 15) is 19.8 Å². The summed E-state index contributed by atoms with van der Waals surface area (Å²) in [5.74, 6) is 0.0971. The van der Waals surface area contributed by atoms with Crippen molar-refractivity contribution in [1.82, 2.24) is 0 Å². The lowest BCUT2D eigenvalue weighted by Gasteiger charge is -2.07. The summed E-state index contributed by atoms with van der Waals surface area (Å²) in [6.07, 6.45) is 0.434. The molecule has 0 fully saturated rings. The number of carbonyl (C=O) groups is 1. The number of carboxylic acid groups (broad SMARTS) is 1. The van der Waals surface area contributed by atoms with Gasteiger partial charge in [-0.2, -0.15) is 0 Å². The Morgan fingerprint density at radius 3 is 2.57 bits per heavy atom. The van der Waals surface area contributed by atoms with E-state index in [2.05, 4.69) is 0 Å². The number of benzene rings is 3. The molecule has 7 heteroatoms. The molecule has 0 saturated carbocycles. The summed E-state index contributed by atoms with van der Waals surface area (Å²) in [7, 11) is 0. The molecular formula is C28H20O7. The van der Waals surface area contributed by atoms with Gasteiger partial charge in [0.2, 0.25) is 0 Å². The first-order valence-corrected chi connectivity index (χ1v) is 11.2. The fourth-order valence-electron chi connectivity index (χ4n) is 4.80. The molecular weight excluding hydrogens is 448 g/mol. The Morgan fingerprint density at radius 1 is 1.00 bits per heavy atom.